The van der Waals surface area contributed by atoms with Crippen LogP contribution in [0.2, 0.25) is 0 Å². The summed E-state index contributed by atoms with van der Waals surface area (Å²) in [5.74, 6) is 0. The van der Waals surface area contributed by atoms with Gasteiger partial charge in [0.25, 0.3) is 0 Å². The van der Waals surface area contributed by atoms with Crippen LogP contribution in [0.4, 0.5) is 0 Å². The maximum atomic E-state index is 5.09. The molecule has 1 nitrogen and oxygen atoms in total. The van der Waals surface area contributed by atoms with Gasteiger partial charge >= 0.3 is 71.2 Å². The van der Waals surface area contributed by atoms with Gasteiger partial charge in [0, 0.05) is 0 Å². The van der Waals surface area contributed by atoms with Crippen LogP contribution in [0.3, 0.4) is 0 Å². The van der Waals surface area contributed by atoms with Crippen molar-refractivity contribution in [2.75, 3.05) is 7.11 Å². The van der Waals surface area contributed by atoms with Crippen LogP contribution in [-0.4, -0.2) is 11.2 Å². The van der Waals surface area contributed by atoms with Gasteiger partial charge in [-0.15, -0.1) is 0 Å². The maximum absolute atomic E-state index is 5.09. The molecule has 0 aliphatic carbocycles. The molecule has 0 heterocycles. The molecule has 0 radical (unpaired) electrons. The molecule has 10 heavy (non-hydrogen) atoms. The predicted molar refractivity (Wildman–Crippen MR) is 37.6 cm³/mol. The van der Waals surface area contributed by atoms with Gasteiger partial charge in [-0.1, -0.05) is 0 Å². The van der Waals surface area contributed by atoms with Gasteiger partial charge < -0.3 is 0 Å². The molecular weight excluding hydrogens is 296 g/mol. The van der Waals surface area contributed by atoms with E-state index in [1.165, 1.54) is 24.9 Å². The molecule has 0 unspecified atom stereocenters. The molecule has 0 bridgehead atoms. The van der Waals surface area contributed by atoms with E-state index >= 15 is 0 Å². The molecule has 1 aromatic rings. The average molecular weight is 304 g/mol. The summed E-state index contributed by atoms with van der Waals surface area (Å²) in [6.45, 7) is 0. The number of rotatable bonds is 2. The van der Waals surface area contributed by atoms with E-state index in [0.717, 1.165) is 4.08 Å². The van der Waals surface area contributed by atoms with Gasteiger partial charge in [0.05, 0.1) is 0 Å². The number of methoxy groups -OCH3 is 1. The molecule has 0 aliphatic rings. The predicted octanol–water partition coefficient (Wildman–Crippen LogP) is 1.36. The Morgan fingerprint density at radius 3 is 2.40 bits per heavy atom. The van der Waals surface area contributed by atoms with E-state index in [-0.39, 0.29) is 0 Å². The molecule has 0 aromatic heterocycles. The SMILES string of the molecule is CO[C](=[W])c1ccccc1. The molecule has 0 spiro atoms. The molecule has 0 aliphatic heterocycles. The van der Waals surface area contributed by atoms with Crippen molar-refractivity contribution in [1.82, 2.24) is 0 Å². The molecule has 0 saturated carbocycles. The molecule has 0 amide bonds. The summed E-state index contributed by atoms with van der Waals surface area (Å²) in [5, 5.41) is 0. The Balaban J connectivity index is 2.85. The van der Waals surface area contributed by atoms with Crippen LogP contribution < -0.4 is 0 Å². The molecular formula is C8H8OW. The first-order valence-corrected chi connectivity index (χ1v) is 4.44. The van der Waals surface area contributed by atoms with Crippen molar-refractivity contribution in [3.8, 4) is 0 Å². The van der Waals surface area contributed by atoms with Crippen molar-refractivity contribution < 1.29 is 24.1 Å². The summed E-state index contributed by atoms with van der Waals surface area (Å²) in [7, 11) is 1.70. The number of benzene rings is 1. The zero-order valence-electron chi connectivity index (χ0n) is 5.70. The van der Waals surface area contributed by atoms with E-state index in [0.29, 0.717) is 0 Å². The van der Waals surface area contributed by atoms with Gasteiger partial charge in [0.1, 0.15) is 0 Å². The third kappa shape index (κ3) is 1.86. The van der Waals surface area contributed by atoms with Crippen molar-refractivity contribution in [1.29, 1.82) is 0 Å². The summed E-state index contributed by atoms with van der Waals surface area (Å²) in [5.41, 5.74) is 1.18. The third-order valence-corrected chi connectivity index (χ3v) is 2.64. The standard InChI is InChI=1S/C8H8O.W/c1-9-7-8-5-3-2-4-6-8;/h2-6H,1H3;. The Morgan fingerprint density at radius 1 is 1.30 bits per heavy atom. The molecule has 52 valence electrons. The number of ether oxygens (including phenoxy) is 1. The van der Waals surface area contributed by atoms with E-state index < -0.39 is 0 Å². The van der Waals surface area contributed by atoms with Crippen LogP contribution in [-0.2, 0) is 24.1 Å². The van der Waals surface area contributed by atoms with E-state index in [4.69, 9.17) is 4.74 Å². The van der Waals surface area contributed by atoms with Gasteiger partial charge in [-0.2, -0.15) is 0 Å². The normalized spacial score (nSPS) is 9.30. The van der Waals surface area contributed by atoms with Gasteiger partial charge in [0.15, 0.2) is 0 Å². The van der Waals surface area contributed by atoms with Crippen molar-refractivity contribution in [2.45, 2.75) is 0 Å². The molecule has 0 atom stereocenters. The first-order chi connectivity index (χ1) is 4.84. The van der Waals surface area contributed by atoms with Gasteiger partial charge in [-0.05, 0) is 0 Å². The second-order valence-corrected chi connectivity index (χ2v) is 3.19. The Hall–Kier alpha value is -0.262. The fourth-order valence-corrected chi connectivity index (χ4v) is 1.18. The molecule has 2 heteroatoms. The van der Waals surface area contributed by atoms with Crippen LogP contribution in [0, 0.1) is 0 Å². The van der Waals surface area contributed by atoms with E-state index in [9.17, 15) is 0 Å². The Labute approximate surface area is 71.4 Å². The van der Waals surface area contributed by atoms with Crippen molar-refractivity contribution >= 4 is 4.08 Å². The monoisotopic (exact) mass is 304 g/mol. The van der Waals surface area contributed by atoms with Crippen molar-refractivity contribution in [3.05, 3.63) is 35.9 Å². The topological polar surface area (TPSA) is 9.23 Å². The first-order valence-electron chi connectivity index (χ1n) is 2.98. The Kier molecular flexibility index (Phi) is 2.98. The van der Waals surface area contributed by atoms with Crippen LogP contribution in [0.15, 0.2) is 30.3 Å². The fraction of sp³-hybridized carbons (Fsp3) is 0.125. The molecule has 1 aromatic carbocycles. The van der Waals surface area contributed by atoms with Gasteiger partial charge in [-0.3, -0.25) is 0 Å². The number of hydrogen-bond acceptors (Lipinski definition) is 1. The summed E-state index contributed by atoms with van der Waals surface area (Å²) < 4.78 is 6.13. The summed E-state index contributed by atoms with van der Waals surface area (Å²) in [6, 6.07) is 10.1. The van der Waals surface area contributed by atoms with Gasteiger partial charge in [0.2, 0.25) is 0 Å². The molecule has 0 saturated heterocycles. The zero-order chi connectivity index (χ0) is 7.40. The van der Waals surface area contributed by atoms with Crippen LogP contribution in [0.1, 0.15) is 5.56 Å². The summed E-state index contributed by atoms with van der Waals surface area (Å²) in [4.78, 5) is 0. The zero-order valence-corrected chi connectivity index (χ0v) is 8.64. The second-order valence-electron chi connectivity index (χ2n) is 1.86. The quantitative estimate of drug-likeness (QED) is 0.802. The Bertz CT molecular complexity index is 218. The van der Waals surface area contributed by atoms with E-state index in [2.05, 4.69) is 0 Å². The van der Waals surface area contributed by atoms with E-state index in [1.807, 2.05) is 30.3 Å². The number of hydrogen-bond donors (Lipinski definition) is 0. The van der Waals surface area contributed by atoms with Crippen molar-refractivity contribution in [3.63, 3.8) is 0 Å². The third-order valence-electron chi connectivity index (χ3n) is 1.19. The molecule has 1 rings (SSSR count). The Morgan fingerprint density at radius 2 is 1.90 bits per heavy atom. The first kappa shape index (κ1) is 7.84. The summed E-state index contributed by atoms with van der Waals surface area (Å²) in [6.07, 6.45) is 0. The minimum absolute atomic E-state index is 1.04. The van der Waals surface area contributed by atoms with Crippen LogP contribution in [0.5, 0.6) is 0 Å². The van der Waals surface area contributed by atoms with Gasteiger partial charge in [-0.25, -0.2) is 0 Å². The average Bonchev–Trinajstić information content (AvgIpc) is 2.05. The van der Waals surface area contributed by atoms with E-state index in [1.54, 1.807) is 7.11 Å². The van der Waals surface area contributed by atoms with Crippen molar-refractivity contribution in [2.24, 2.45) is 0 Å². The van der Waals surface area contributed by atoms with Crippen LogP contribution >= 0.6 is 0 Å². The molecule has 0 fully saturated rings. The minimum atomic E-state index is 1.04. The molecule has 0 N–H and O–H groups in total. The fourth-order valence-electron chi connectivity index (χ4n) is 0.692. The summed E-state index contributed by atoms with van der Waals surface area (Å²) >= 11 is 1.36. The van der Waals surface area contributed by atoms with Crippen LogP contribution in [0.25, 0.3) is 0 Å². The second kappa shape index (κ2) is 3.80.